The molecule has 0 spiro atoms. The van der Waals surface area contributed by atoms with Crippen LogP contribution in [0.3, 0.4) is 0 Å². The minimum absolute atomic E-state index is 0.0489. The molecule has 1 aliphatic rings. The Labute approximate surface area is 154 Å². The number of imidazole rings is 1. The number of ether oxygens (including phenoxy) is 1. The van der Waals surface area contributed by atoms with Crippen molar-refractivity contribution in [3.8, 4) is 0 Å². The summed E-state index contributed by atoms with van der Waals surface area (Å²) < 4.78 is 32.7. The van der Waals surface area contributed by atoms with E-state index in [2.05, 4.69) is 20.0 Å². The Hall–Kier alpha value is -2.97. The van der Waals surface area contributed by atoms with Gasteiger partial charge in [-0.3, -0.25) is 4.79 Å². The summed E-state index contributed by atoms with van der Waals surface area (Å²) in [4.78, 5) is 32.4. The number of fused-ring (bicyclic) bond motifs is 1. The number of aromatic nitrogens is 2. The molecule has 3 rings (SSSR count). The second-order valence-electron chi connectivity index (χ2n) is 6.17. The Morgan fingerprint density at radius 3 is 3.00 bits per heavy atom. The lowest BCUT2D eigenvalue weighted by Gasteiger charge is -2.35. The van der Waals surface area contributed by atoms with Crippen molar-refractivity contribution in [1.29, 1.82) is 0 Å². The van der Waals surface area contributed by atoms with Gasteiger partial charge in [-0.25, -0.2) is 18.6 Å². The Balaban J connectivity index is 1.80. The smallest absolute Gasteiger partial charge is 0.318 e. The fraction of sp³-hybridized carbons (Fsp3) is 0.389. The third-order valence-electron chi connectivity index (χ3n) is 4.52. The number of nitrogens with zero attached hydrogens (tertiary/aromatic N) is 2. The summed E-state index contributed by atoms with van der Waals surface area (Å²) in [5.41, 5.74) is 1.33. The number of urea groups is 1. The van der Waals surface area contributed by atoms with Crippen molar-refractivity contribution in [3.63, 3.8) is 0 Å². The Kier molecular flexibility index (Phi) is 5.68. The van der Waals surface area contributed by atoms with E-state index in [1.54, 1.807) is 0 Å². The number of halogens is 2. The van der Waals surface area contributed by atoms with E-state index in [1.807, 2.05) is 0 Å². The molecule has 0 radical (unpaired) electrons. The van der Waals surface area contributed by atoms with E-state index in [1.165, 1.54) is 30.5 Å². The van der Waals surface area contributed by atoms with Gasteiger partial charge in [0.2, 0.25) is 0 Å². The molecule has 7 nitrogen and oxygen atoms in total. The first-order valence-corrected chi connectivity index (χ1v) is 8.60. The standard InChI is InChI=1S/C18H20F2N4O3/c1-27-14(25)6-3-8-21-18(26)24-9-7-13-16(23-10-22-13)17(24)11-4-2-5-12(19)15(11)20/h2,4-5,10,17H,3,6-9H2,1H3,(H,21,26)(H,22,23)/t17-/m1/s1. The van der Waals surface area contributed by atoms with Crippen molar-refractivity contribution >= 4 is 12.0 Å². The van der Waals surface area contributed by atoms with Gasteiger partial charge in [-0.15, -0.1) is 0 Å². The fourth-order valence-electron chi connectivity index (χ4n) is 3.17. The van der Waals surface area contributed by atoms with Gasteiger partial charge in [0.1, 0.15) is 6.04 Å². The number of benzene rings is 1. The molecule has 27 heavy (non-hydrogen) atoms. The van der Waals surface area contributed by atoms with Crippen LogP contribution in [0.15, 0.2) is 24.5 Å². The Morgan fingerprint density at radius 1 is 1.41 bits per heavy atom. The number of hydrogen-bond donors (Lipinski definition) is 2. The van der Waals surface area contributed by atoms with Crippen LogP contribution in [0.1, 0.15) is 35.8 Å². The maximum atomic E-state index is 14.4. The molecular formula is C18H20F2N4O3. The molecule has 9 heteroatoms. The van der Waals surface area contributed by atoms with E-state index >= 15 is 0 Å². The maximum Gasteiger partial charge on any atom is 0.318 e. The average Bonchev–Trinajstić information content (AvgIpc) is 3.15. The minimum Gasteiger partial charge on any atom is -0.469 e. The minimum atomic E-state index is -0.998. The number of nitrogens with one attached hydrogen (secondary N) is 2. The molecule has 144 valence electrons. The van der Waals surface area contributed by atoms with Gasteiger partial charge >= 0.3 is 12.0 Å². The van der Waals surface area contributed by atoms with Crippen LogP contribution in [0.25, 0.3) is 0 Å². The van der Waals surface area contributed by atoms with Crippen molar-refractivity contribution in [2.45, 2.75) is 25.3 Å². The molecule has 0 bridgehead atoms. The first kappa shape index (κ1) is 18.8. The van der Waals surface area contributed by atoms with Gasteiger partial charge in [0.25, 0.3) is 0 Å². The number of rotatable bonds is 5. The largest absolute Gasteiger partial charge is 0.469 e. The number of esters is 1. The molecule has 2 amide bonds. The van der Waals surface area contributed by atoms with Crippen LogP contribution in [-0.2, 0) is 16.0 Å². The zero-order valence-corrected chi connectivity index (χ0v) is 14.8. The van der Waals surface area contributed by atoms with Crippen molar-refractivity contribution in [3.05, 3.63) is 53.1 Å². The van der Waals surface area contributed by atoms with Gasteiger partial charge in [-0.2, -0.15) is 0 Å². The summed E-state index contributed by atoms with van der Waals surface area (Å²) in [5.74, 6) is -2.33. The van der Waals surface area contributed by atoms with Gasteiger partial charge < -0.3 is 19.9 Å². The van der Waals surface area contributed by atoms with Crippen molar-refractivity contribution in [1.82, 2.24) is 20.2 Å². The highest BCUT2D eigenvalue weighted by atomic mass is 19.2. The van der Waals surface area contributed by atoms with E-state index in [0.29, 0.717) is 25.1 Å². The Bertz CT molecular complexity index is 840. The quantitative estimate of drug-likeness (QED) is 0.617. The van der Waals surface area contributed by atoms with E-state index in [0.717, 1.165) is 11.8 Å². The van der Waals surface area contributed by atoms with Crippen LogP contribution < -0.4 is 5.32 Å². The average molecular weight is 378 g/mol. The predicted octanol–water partition coefficient (Wildman–Crippen LogP) is 2.30. The van der Waals surface area contributed by atoms with Gasteiger partial charge in [0, 0.05) is 37.2 Å². The second kappa shape index (κ2) is 8.15. The molecule has 1 aliphatic heterocycles. The van der Waals surface area contributed by atoms with E-state index in [9.17, 15) is 18.4 Å². The lowest BCUT2D eigenvalue weighted by molar-refractivity contribution is -0.140. The molecule has 0 saturated heterocycles. The number of methoxy groups -OCH3 is 1. The van der Waals surface area contributed by atoms with E-state index in [4.69, 9.17) is 0 Å². The molecule has 0 fully saturated rings. The van der Waals surface area contributed by atoms with Crippen molar-refractivity contribution in [2.24, 2.45) is 0 Å². The fourth-order valence-corrected chi connectivity index (χ4v) is 3.17. The number of amides is 2. The summed E-state index contributed by atoms with van der Waals surface area (Å²) in [5, 5.41) is 2.71. The summed E-state index contributed by atoms with van der Waals surface area (Å²) >= 11 is 0. The zero-order chi connectivity index (χ0) is 19.4. The van der Waals surface area contributed by atoms with E-state index in [-0.39, 0.29) is 24.5 Å². The maximum absolute atomic E-state index is 14.4. The monoisotopic (exact) mass is 378 g/mol. The van der Waals surface area contributed by atoms with Gasteiger partial charge in [-0.05, 0) is 12.5 Å². The molecule has 0 saturated carbocycles. The third-order valence-corrected chi connectivity index (χ3v) is 4.52. The van der Waals surface area contributed by atoms with Crippen molar-refractivity contribution in [2.75, 3.05) is 20.2 Å². The molecule has 2 heterocycles. The van der Waals surface area contributed by atoms with Gasteiger partial charge in [-0.1, -0.05) is 12.1 Å². The first-order valence-electron chi connectivity index (χ1n) is 8.60. The number of hydrogen-bond acceptors (Lipinski definition) is 4. The summed E-state index contributed by atoms with van der Waals surface area (Å²) in [6, 6.07) is 2.62. The molecule has 0 unspecified atom stereocenters. The molecule has 1 atom stereocenters. The lowest BCUT2D eigenvalue weighted by atomic mass is 9.95. The van der Waals surface area contributed by atoms with Crippen LogP contribution >= 0.6 is 0 Å². The highest BCUT2D eigenvalue weighted by molar-refractivity contribution is 5.76. The Morgan fingerprint density at radius 2 is 2.22 bits per heavy atom. The summed E-state index contributed by atoms with van der Waals surface area (Å²) in [6.45, 7) is 0.578. The number of H-pyrrole nitrogens is 1. The third kappa shape index (κ3) is 3.91. The number of carbonyl (C=O) groups excluding carboxylic acids is 2. The summed E-state index contributed by atoms with van der Waals surface area (Å²) in [6.07, 6.45) is 2.60. The molecule has 2 aromatic rings. The van der Waals surface area contributed by atoms with Crippen molar-refractivity contribution < 1.29 is 23.1 Å². The van der Waals surface area contributed by atoms with Gasteiger partial charge in [0.05, 0.1) is 19.1 Å². The highest BCUT2D eigenvalue weighted by Gasteiger charge is 2.36. The normalized spacial score (nSPS) is 16.0. The van der Waals surface area contributed by atoms with Crippen LogP contribution in [0.5, 0.6) is 0 Å². The molecule has 1 aromatic heterocycles. The zero-order valence-electron chi connectivity index (χ0n) is 14.8. The first-order chi connectivity index (χ1) is 13.0. The SMILES string of the molecule is COC(=O)CCCNC(=O)N1CCc2[nH]cnc2[C@H]1c1cccc(F)c1F. The number of carbonyl (C=O) groups is 2. The molecular weight excluding hydrogens is 358 g/mol. The summed E-state index contributed by atoms with van der Waals surface area (Å²) in [7, 11) is 1.30. The topological polar surface area (TPSA) is 87.3 Å². The van der Waals surface area contributed by atoms with Crippen LogP contribution in [0.2, 0.25) is 0 Å². The lowest BCUT2D eigenvalue weighted by Crippen LogP contribution is -2.46. The van der Waals surface area contributed by atoms with Gasteiger partial charge in [0.15, 0.2) is 11.6 Å². The van der Waals surface area contributed by atoms with E-state index < -0.39 is 23.7 Å². The molecule has 2 N–H and O–H groups in total. The highest BCUT2D eigenvalue weighted by Crippen LogP contribution is 2.35. The molecule has 0 aliphatic carbocycles. The predicted molar refractivity (Wildman–Crippen MR) is 91.8 cm³/mol. The van der Waals surface area contributed by atoms with Crippen LogP contribution in [-0.4, -0.2) is 47.1 Å². The number of aromatic amines is 1. The second-order valence-corrected chi connectivity index (χ2v) is 6.17. The van der Waals surface area contributed by atoms with Crippen LogP contribution in [0, 0.1) is 11.6 Å². The van der Waals surface area contributed by atoms with Crippen LogP contribution in [0.4, 0.5) is 13.6 Å². The molecule has 1 aromatic carbocycles.